The number of hydrogen-bond donors (Lipinski definition) is 1. The Kier molecular flexibility index (Phi) is 8.67. The van der Waals surface area contributed by atoms with Gasteiger partial charge in [0.25, 0.3) is 11.7 Å². The van der Waals surface area contributed by atoms with Crippen LogP contribution in [0.4, 0.5) is 18.9 Å². The van der Waals surface area contributed by atoms with E-state index in [0.717, 1.165) is 36.3 Å². The van der Waals surface area contributed by atoms with E-state index in [-0.39, 0.29) is 11.3 Å². The Morgan fingerprint density at radius 3 is 2.05 bits per heavy atom. The molecule has 0 bridgehead atoms. The van der Waals surface area contributed by atoms with Crippen LogP contribution in [-0.4, -0.2) is 36.9 Å². The molecular weight excluding hydrogens is 527 g/mol. The number of alkyl halides is 3. The van der Waals surface area contributed by atoms with E-state index in [1.54, 1.807) is 48.5 Å². The van der Waals surface area contributed by atoms with Crippen LogP contribution in [0.1, 0.15) is 43.4 Å². The van der Waals surface area contributed by atoms with Crippen molar-refractivity contribution in [3.63, 3.8) is 0 Å². The Balaban J connectivity index is 1.73. The third-order valence-corrected chi connectivity index (χ3v) is 6.37. The number of nitrogens with zero attached hydrogens (tertiary/aromatic N) is 1. The van der Waals surface area contributed by atoms with Gasteiger partial charge in [0.15, 0.2) is 0 Å². The number of aliphatic hydroxyl groups is 1. The quantitative estimate of drug-likeness (QED) is 0.128. The molecule has 210 valence electrons. The van der Waals surface area contributed by atoms with Gasteiger partial charge in [0, 0.05) is 11.3 Å². The number of hydrogen-bond acceptors (Lipinski definition) is 6. The topological polar surface area (TPSA) is 85.3 Å². The maximum atomic E-state index is 13.3. The van der Waals surface area contributed by atoms with Crippen molar-refractivity contribution in [1.29, 1.82) is 0 Å². The number of amides is 1. The molecule has 3 aromatic carbocycles. The van der Waals surface area contributed by atoms with Crippen LogP contribution < -0.4 is 19.1 Å². The summed E-state index contributed by atoms with van der Waals surface area (Å²) in [7, 11) is 1.49. The van der Waals surface area contributed by atoms with Crippen molar-refractivity contribution in [2.45, 2.75) is 38.6 Å². The van der Waals surface area contributed by atoms with Gasteiger partial charge >= 0.3 is 6.36 Å². The molecule has 1 aliphatic heterocycles. The third kappa shape index (κ3) is 6.39. The van der Waals surface area contributed by atoms with Crippen molar-refractivity contribution < 1.29 is 42.1 Å². The van der Waals surface area contributed by atoms with Crippen molar-refractivity contribution in [2.75, 3.05) is 18.6 Å². The summed E-state index contributed by atoms with van der Waals surface area (Å²) in [5.74, 6) is -1.62. The van der Waals surface area contributed by atoms with Gasteiger partial charge in [-0.25, -0.2) is 0 Å². The fraction of sp³-hybridized carbons (Fsp3) is 0.267. The number of methoxy groups -OCH3 is 1. The molecule has 0 saturated carbocycles. The molecule has 3 aromatic rings. The van der Waals surface area contributed by atoms with Crippen molar-refractivity contribution in [3.8, 4) is 17.2 Å². The number of anilines is 1. The van der Waals surface area contributed by atoms with Crippen LogP contribution in [-0.2, 0) is 9.59 Å². The molecular formula is C30H28F3NO6. The SMILES string of the molecule is CCCCCOc1ccc(/C(O)=C2\C(=O)C(=O)N(c3ccc(OC(F)(F)F)cc3)C2c2ccc(OC)cc2)cc1. The lowest BCUT2D eigenvalue weighted by Gasteiger charge is -2.26. The van der Waals surface area contributed by atoms with E-state index in [1.165, 1.54) is 19.2 Å². The number of aliphatic hydroxyl groups excluding tert-OH is 1. The van der Waals surface area contributed by atoms with Crippen LogP contribution >= 0.6 is 0 Å². The molecule has 1 saturated heterocycles. The second-order valence-electron chi connectivity index (χ2n) is 9.06. The van der Waals surface area contributed by atoms with Crippen molar-refractivity contribution in [1.82, 2.24) is 0 Å². The highest BCUT2D eigenvalue weighted by atomic mass is 19.4. The summed E-state index contributed by atoms with van der Waals surface area (Å²) in [4.78, 5) is 27.7. The average Bonchev–Trinajstić information content (AvgIpc) is 3.20. The van der Waals surface area contributed by atoms with Crippen LogP contribution in [0.15, 0.2) is 78.4 Å². The average molecular weight is 556 g/mol. The van der Waals surface area contributed by atoms with Crippen LogP contribution in [0, 0.1) is 0 Å². The number of halogens is 3. The van der Waals surface area contributed by atoms with Gasteiger partial charge in [-0.2, -0.15) is 0 Å². The summed E-state index contributed by atoms with van der Waals surface area (Å²) < 4.78 is 52.8. The first-order valence-electron chi connectivity index (χ1n) is 12.7. The van der Waals surface area contributed by atoms with Crippen LogP contribution in [0.25, 0.3) is 5.76 Å². The number of rotatable bonds is 10. The van der Waals surface area contributed by atoms with E-state index in [0.29, 0.717) is 29.2 Å². The zero-order chi connectivity index (χ0) is 28.9. The lowest BCUT2D eigenvalue weighted by atomic mass is 9.95. The lowest BCUT2D eigenvalue weighted by Crippen LogP contribution is -2.29. The van der Waals surface area contributed by atoms with Crippen molar-refractivity contribution in [2.24, 2.45) is 0 Å². The molecule has 10 heteroatoms. The second-order valence-corrected chi connectivity index (χ2v) is 9.06. The number of Topliss-reactive ketones (excluding diaryl/α,β-unsaturated/α-hetero) is 1. The molecule has 7 nitrogen and oxygen atoms in total. The minimum Gasteiger partial charge on any atom is -0.507 e. The summed E-state index contributed by atoms with van der Waals surface area (Å²) in [6.07, 6.45) is -1.87. The number of unbranched alkanes of at least 4 members (excludes halogenated alkanes) is 2. The number of ether oxygens (including phenoxy) is 3. The molecule has 0 aromatic heterocycles. The molecule has 0 spiro atoms. The van der Waals surface area contributed by atoms with Gasteiger partial charge in [0.2, 0.25) is 0 Å². The maximum absolute atomic E-state index is 13.3. The molecule has 1 N–H and O–H groups in total. The summed E-state index contributed by atoms with van der Waals surface area (Å²) in [5, 5.41) is 11.3. The molecule has 4 rings (SSSR count). The second kappa shape index (κ2) is 12.1. The minimum absolute atomic E-state index is 0.146. The first-order chi connectivity index (χ1) is 19.1. The molecule has 40 heavy (non-hydrogen) atoms. The number of carbonyl (C=O) groups excluding carboxylic acids is 2. The Hall–Kier alpha value is -4.47. The predicted octanol–water partition coefficient (Wildman–Crippen LogP) is 6.79. The fourth-order valence-electron chi connectivity index (χ4n) is 4.42. The smallest absolute Gasteiger partial charge is 0.507 e. The van der Waals surface area contributed by atoms with Gasteiger partial charge in [0.1, 0.15) is 23.0 Å². The number of benzene rings is 3. The standard InChI is InChI=1S/C30H28F3NO6/c1-3-4-5-18-39-23-14-8-20(9-15-23)27(35)25-26(19-6-12-22(38-2)13-7-19)34(29(37)28(25)36)21-10-16-24(17-11-21)40-30(31,32)33/h6-17,26,35H,3-5,18H2,1-2H3/b27-25+. The van der Waals surface area contributed by atoms with E-state index in [9.17, 15) is 27.9 Å². The van der Waals surface area contributed by atoms with Gasteiger partial charge in [-0.1, -0.05) is 31.9 Å². The Bertz CT molecular complexity index is 1370. The normalized spacial score (nSPS) is 16.7. The van der Waals surface area contributed by atoms with E-state index in [2.05, 4.69) is 11.7 Å². The van der Waals surface area contributed by atoms with Crippen molar-refractivity contribution in [3.05, 3.63) is 89.5 Å². The molecule has 1 atom stereocenters. The Morgan fingerprint density at radius 1 is 0.875 bits per heavy atom. The minimum atomic E-state index is -4.88. The first kappa shape index (κ1) is 28.5. The van der Waals surface area contributed by atoms with Crippen molar-refractivity contribution >= 4 is 23.1 Å². The van der Waals surface area contributed by atoms with E-state index in [4.69, 9.17) is 9.47 Å². The van der Waals surface area contributed by atoms with Crippen LogP contribution in [0.2, 0.25) is 0 Å². The van der Waals surface area contributed by atoms with Gasteiger partial charge in [-0.3, -0.25) is 14.5 Å². The highest BCUT2D eigenvalue weighted by Crippen LogP contribution is 2.43. The van der Waals surface area contributed by atoms with Crippen LogP contribution in [0.3, 0.4) is 0 Å². The molecule has 1 heterocycles. The van der Waals surface area contributed by atoms with Gasteiger partial charge in [0.05, 0.1) is 25.3 Å². The predicted molar refractivity (Wildman–Crippen MR) is 142 cm³/mol. The Labute approximate surface area is 229 Å². The molecule has 1 fully saturated rings. The zero-order valence-corrected chi connectivity index (χ0v) is 21.9. The van der Waals surface area contributed by atoms with E-state index < -0.39 is 35.6 Å². The monoisotopic (exact) mass is 555 g/mol. The largest absolute Gasteiger partial charge is 0.573 e. The van der Waals surface area contributed by atoms with Gasteiger partial charge in [-0.15, -0.1) is 13.2 Å². The van der Waals surface area contributed by atoms with E-state index >= 15 is 0 Å². The molecule has 1 amide bonds. The molecule has 0 aliphatic carbocycles. The highest BCUT2D eigenvalue weighted by Gasteiger charge is 2.47. The molecule has 1 aliphatic rings. The zero-order valence-electron chi connectivity index (χ0n) is 21.9. The molecule has 1 unspecified atom stereocenters. The summed E-state index contributed by atoms with van der Waals surface area (Å²) in [6, 6.07) is 16.6. The van der Waals surface area contributed by atoms with Crippen LogP contribution in [0.5, 0.6) is 17.2 Å². The molecule has 0 radical (unpaired) electrons. The highest BCUT2D eigenvalue weighted by molar-refractivity contribution is 6.51. The lowest BCUT2D eigenvalue weighted by molar-refractivity contribution is -0.274. The number of ketones is 1. The van der Waals surface area contributed by atoms with Gasteiger partial charge in [-0.05, 0) is 72.6 Å². The summed E-state index contributed by atoms with van der Waals surface area (Å²) in [5.41, 5.74) is 0.758. The van der Waals surface area contributed by atoms with Gasteiger partial charge < -0.3 is 19.3 Å². The summed E-state index contributed by atoms with van der Waals surface area (Å²) in [6.45, 7) is 2.65. The maximum Gasteiger partial charge on any atom is 0.573 e. The summed E-state index contributed by atoms with van der Waals surface area (Å²) >= 11 is 0. The first-order valence-corrected chi connectivity index (χ1v) is 12.7. The Morgan fingerprint density at radius 2 is 1.48 bits per heavy atom. The number of carbonyl (C=O) groups is 2. The fourth-order valence-corrected chi connectivity index (χ4v) is 4.42. The third-order valence-electron chi connectivity index (χ3n) is 6.37. The van der Waals surface area contributed by atoms with E-state index in [1.807, 2.05) is 0 Å².